The zero-order valence-electron chi connectivity index (χ0n) is 11.7. The molecule has 1 saturated carbocycles. The standard InChI is InChI=1S/C17H21NS.ClH/c1-5-15-10-18-11-16(15)6-2-12(1)14-4-3-13-7-8-19-17(13)9-14;/h3-4,7-9,12,15-16,18H,1-2,5-6,10-11H2;1H. The van der Waals surface area contributed by atoms with Gasteiger partial charge in [-0.3, -0.25) is 0 Å². The van der Waals surface area contributed by atoms with E-state index in [1.54, 1.807) is 5.56 Å². The van der Waals surface area contributed by atoms with Gasteiger partial charge in [0.1, 0.15) is 0 Å². The molecule has 1 aliphatic heterocycles. The van der Waals surface area contributed by atoms with E-state index in [0.29, 0.717) is 0 Å². The number of rotatable bonds is 1. The van der Waals surface area contributed by atoms with E-state index < -0.39 is 0 Å². The Morgan fingerprint density at radius 1 is 0.950 bits per heavy atom. The fraction of sp³-hybridized carbons (Fsp3) is 0.529. The van der Waals surface area contributed by atoms with Crippen LogP contribution < -0.4 is 5.32 Å². The molecule has 108 valence electrons. The highest BCUT2D eigenvalue weighted by molar-refractivity contribution is 7.17. The minimum atomic E-state index is 0. The summed E-state index contributed by atoms with van der Waals surface area (Å²) < 4.78 is 1.46. The highest BCUT2D eigenvalue weighted by atomic mass is 35.5. The van der Waals surface area contributed by atoms with Crippen LogP contribution in [-0.4, -0.2) is 13.1 Å². The van der Waals surface area contributed by atoms with E-state index in [9.17, 15) is 0 Å². The fourth-order valence-electron chi connectivity index (χ4n) is 4.00. The largest absolute Gasteiger partial charge is 0.316 e. The van der Waals surface area contributed by atoms with Crippen LogP contribution in [0.4, 0.5) is 0 Å². The van der Waals surface area contributed by atoms with Gasteiger partial charge in [-0.1, -0.05) is 12.1 Å². The molecule has 4 rings (SSSR count). The molecule has 0 amide bonds. The van der Waals surface area contributed by atoms with Crippen molar-refractivity contribution in [3.63, 3.8) is 0 Å². The summed E-state index contributed by atoms with van der Waals surface area (Å²) in [6.45, 7) is 2.53. The lowest BCUT2D eigenvalue weighted by atomic mass is 9.91. The molecule has 2 unspecified atom stereocenters. The highest BCUT2D eigenvalue weighted by Gasteiger charge is 2.31. The molecule has 2 fully saturated rings. The third kappa shape index (κ3) is 2.61. The molecular formula is C17H22ClNS. The molecular weight excluding hydrogens is 286 g/mol. The number of halogens is 1. The lowest BCUT2D eigenvalue weighted by Gasteiger charge is -2.15. The van der Waals surface area contributed by atoms with Crippen molar-refractivity contribution in [1.29, 1.82) is 0 Å². The van der Waals surface area contributed by atoms with Crippen molar-refractivity contribution in [1.82, 2.24) is 5.32 Å². The van der Waals surface area contributed by atoms with Crippen molar-refractivity contribution in [2.75, 3.05) is 13.1 Å². The van der Waals surface area contributed by atoms with Gasteiger partial charge in [-0.05, 0) is 85.0 Å². The van der Waals surface area contributed by atoms with Crippen molar-refractivity contribution in [2.45, 2.75) is 31.6 Å². The van der Waals surface area contributed by atoms with E-state index in [-0.39, 0.29) is 12.4 Å². The maximum absolute atomic E-state index is 3.57. The molecule has 20 heavy (non-hydrogen) atoms. The number of fused-ring (bicyclic) bond motifs is 2. The first kappa shape index (κ1) is 14.4. The Morgan fingerprint density at radius 2 is 1.70 bits per heavy atom. The topological polar surface area (TPSA) is 12.0 Å². The predicted octanol–water partition coefficient (Wildman–Crippen LogP) is 4.82. The Bertz CT molecular complexity index is 565. The van der Waals surface area contributed by atoms with E-state index >= 15 is 0 Å². The Hall–Kier alpha value is -0.570. The molecule has 1 aliphatic carbocycles. The SMILES string of the molecule is Cl.c1cc2ccc(C3CCC4CNCC4CC3)cc2s1. The molecule has 1 nitrogen and oxygen atoms in total. The summed E-state index contributed by atoms with van der Waals surface area (Å²) in [5.41, 5.74) is 1.59. The van der Waals surface area contributed by atoms with Crippen LogP contribution in [0.5, 0.6) is 0 Å². The molecule has 1 aromatic heterocycles. The van der Waals surface area contributed by atoms with Crippen LogP contribution in [0.3, 0.4) is 0 Å². The number of hydrogen-bond donors (Lipinski definition) is 1. The lowest BCUT2D eigenvalue weighted by molar-refractivity contribution is 0.397. The van der Waals surface area contributed by atoms with Gasteiger partial charge in [0.15, 0.2) is 0 Å². The summed E-state index contributed by atoms with van der Waals surface area (Å²) in [6.07, 6.45) is 5.62. The Kier molecular flexibility index (Phi) is 4.34. The third-order valence-corrected chi connectivity index (χ3v) is 6.08. The first-order chi connectivity index (χ1) is 9.40. The minimum Gasteiger partial charge on any atom is -0.316 e. The second-order valence-electron chi connectivity index (χ2n) is 6.25. The molecule has 2 aromatic rings. The quantitative estimate of drug-likeness (QED) is 0.796. The summed E-state index contributed by atoms with van der Waals surface area (Å²) in [4.78, 5) is 0. The van der Waals surface area contributed by atoms with E-state index in [1.807, 2.05) is 11.3 Å². The van der Waals surface area contributed by atoms with Gasteiger partial charge in [0.05, 0.1) is 0 Å². The Balaban J connectivity index is 0.00000121. The molecule has 1 N–H and O–H groups in total. The molecule has 2 heterocycles. The van der Waals surface area contributed by atoms with Crippen molar-refractivity contribution >= 4 is 33.8 Å². The second-order valence-corrected chi connectivity index (χ2v) is 7.20. The molecule has 2 atom stereocenters. The molecule has 2 aliphatic rings. The zero-order chi connectivity index (χ0) is 12.7. The number of thiophene rings is 1. The van der Waals surface area contributed by atoms with E-state index in [0.717, 1.165) is 17.8 Å². The first-order valence-corrected chi connectivity index (χ1v) is 8.46. The molecule has 3 heteroatoms. The van der Waals surface area contributed by atoms with Crippen LogP contribution in [-0.2, 0) is 0 Å². The summed E-state index contributed by atoms with van der Waals surface area (Å²) in [6, 6.07) is 9.37. The van der Waals surface area contributed by atoms with Gasteiger partial charge in [0, 0.05) is 4.70 Å². The number of nitrogens with one attached hydrogen (secondary N) is 1. The van der Waals surface area contributed by atoms with Gasteiger partial charge in [-0.25, -0.2) is 0 Å². The second kappa shape index (κ2) is 6.05. The maximum atomic E-state index is 3.57. The smallest absolute Gasteiger partial charge is 0.0345 e. The van der Waals surface area contributed by atoms with Crippen molar-refractivity contribution in [2.24, 2.45) is 11.8 Å². The van der Waals surface area contributed by atoms with E-state index in [4.69, 9.17) is 0 Å². The van der Waals surface area contributed by atoms with E-state index in [2.05, 4.69) is 35.0 Å². The average Bonchev–Trinajstić information content (AvgIpc) is 3.03. The normalized spacial score (nSPS) is 29.7. The number of benzene rings is 1. The van der Waals surface area contributed by atoms with Gasteiger partial charge in [0.25, 0.3) is 0 Å². The Morgan fingerprint density at radius 3 is 2.45 bits per heavy atom. The van der Waals surface area contributed by atoms with Crippen molar-refractivity contribution < 1.29 is 0 Å². The summed E-state index contributed by atoms with van der Waals surface area (Å²) in [7, 11) is 0. The van der Waals surface area contributed by atoms with Crippen molar-refractivity contribution in [3.8, 4) is 0 Å². The van der Waals surface area contributed by atoms with Gasteiger partial charge in [-0.2, -0.15) is 0 Å². The van der Waals surface area contributed by atoms with Gasteiger partial charge < -0.3 is 5.32 Å². The van der Waals surface area contributed by atoms with Crippen molar-refractivity contribution in [3.05, 3.63) is 35.2 Å². The summed E-state index contributed by atoms with van der Waals surface area (Å²) in [5, 5.41) is 7.18. The highest BCUT2D eigenvalue weighted by Crippen LogP contribution is 2.39. The molecule has 1 saturated heterocycles. The monoisotopic (exact) mass is 307 g/mol. The van der Waals surface area contributed by atoms with E-state index in [1.165, 1.54) is 48.9 Å². The van der Waals surface area contributed by atoms with Gasteiger partial charge in [-0.15, -0.1) is 23.7 Å². The van der Waals surface area contributed by atoms with Crippen LogP contribution in [0.2, 0.25) is 0 Å². The van der Waals surface area contributed by atoms with Gasteiger partial charge >= 0.3 is 0 Å². The molecule has 0 radical (unpaired) electrons. The van der Waals surface area contributed by atoms with Crippen LogP contribution >= 0.6 is 23.7 Å². The van der Waals surface area contributed by atoms with Crippen LogP contribution in [0.15, 0.2) is 29.6 Å². The number of hydrogen-bond acceptors (Lipinski definition) is 2. The first-order valence-electron chi connectivity index (χ1n) is 7.58. The summed E-state index contributed by atoms with van der Waals surface area (Å²) in [5.74, 6) is 2.71. The minimum absolute atomic E-state index is 0. The molecule has 1 aromatic carbocycles. The van der Waals surface area contributed by atoms with Crippen LogP contribution in [0, 0.1) is 11.8 Å². The van der Waals surface area contributed by atoms with Gasteiger partial charge in [0.2, 0.25) is 0 Å². The lowest BCUT2D eigenvalue weighted by Crippen LogP contribution is -2.09. The molecule has 0 bridgehead atoms. The predicted molar refractivity (Wildman–Crippen MR) is 90.1 cm³/mol. The van der Waals surface area contributed by atoms with Crippen LogP contribution in [0.1, 0.15) is 37.2 Å². The average molecular weight is 308 g/mol. The summed E-state index contributed by atoms with van der Waals surface area (Å²) >= 11 is 1.88. The Labute approximate surface area is 131 Å². The van der Waals surface area contributed by atoms with Crippen LogP contribution in [0.25, 0.3) is 10.1 Å². The maximum Gasteiger partial charge on any atom is 0.0345 e. The fourth-order valence-corrected chi connectivity index (χ4v) is 4.83. The zero-order valence-corrected chi connectivity index (χ0v) is 13.3. The third-order valence-electron chi connectivity index (χ3n) is 5.20. The molecule has 0 spiro atoms.